The van der Waals surface area contributed by atoms with Crippen LogP contribution in [-0.2, 0) is 0 Å². The quantitative estimate of drug-likeness (QED) is 0.252. The molecule has 2 aliphatic heterocycles. The van der Waals surface area contributed by atoms with E-state index in [2.05, 4.69) is 0 Å². The fourth-order valence-electron chi connectivity index (χ4n) is 3.33. The van der Waals surface area contributed by atoms with E-state index in [9.17, 15) is 30.6 Å². The lowest BCUT2D eigenvalue weighted by atomic mass is 9.99. The second-order valence-electron chi connectivity index (χ2n) is 7.30. The molecule has 0 saturated heterocycles. The van der Waals surface area contributed by atoms with E-state index in [0.717, 1.165) is 12.8 Å². The molecule has 2 heterocycles. The largest absolute Gasteiger partial charge is 0.294 e. The third kappa shape index (κ3) is 4.92. The molecule has 0 aromatic heterocycles. The van der Waals surface area contributed by atoms with Crippen LogP contribution in [0.15, 0.2) is 39.2 Å². The first-order valence-electron chi connectivity index (χ1n) is 10.6. The van der Waals surface area contributed by atoms with Crippen LogP contribution in [0.25, 0.3) is 0 Å². The van der Waals surface area contributed by atoms with Gasteiger partial charge < -0.3 is 0 Å². The summed E-state index contributed by atoms with van der Waals surface area (Å²) >= 11 is 4.72. The molecule has 34 heavy (non-hydrogen) atoms. The molecule has 1 aromatic rings. The lowest BCUT2D eigenvalue weighted by Crippen LogP contribution is -2.09. The SMILES string of the molecule is CCCCC(=O)c1c2c(c(C(=O)CCCC)c3c1SC(=C(C#N)C#N)S3)SC(=C(C#N)C#N)S2. The van der Waals surface area contributed by atoms with Gasteiger partial charge in [-0.05, 0) is 12.8 Å². The second-order valence-corrected chi connectivity index (χ2v) is 11.9. The van der Waals surface area contributed by atoms with Crippen molar-refractivity contribution in [1.29, 1.82) is 21.0 Å². The maximum atomic E-state index is 13.4. The predicted octanol–water partition coefficient (Wildman–Crippen LogP) is 7.35. The van der Waals surface area contributed by atoms with Crippen molar-refractivity contribution in [3.63, 3.8) is 0 Å². The number of carbonyl (C=O) groups is 2. The number of fused-ring (bicyclic) bond motifs is 2. The van der Waals surface area contributed by atoms with Gasteiger partial charge in [-0.3, -0.25) is 9.59 Å². The molecule has 2 aliphatic rings. The van der Waals surface area contributed by atoms with Crippen LogP contribution in [0.3, 0.4) is 0 Å². The molecular weight excluding hydrogens is 505 g/mol. The minimum absolute atomic E-state index is 0.0533. The van der Waals surface area contributed by atoms with E-state index in [-0.39, 0.29) is 22.7 Å². The van der Waals surface area contributed by atoms with Crippen LogP contribution in [0, 0.1) is 45.3 Å². The Kier molecular flexibility index (Phi) is 8.95. The number of nitriles is 4. The minimum Gasteiger partial charge on any atom is -0.294 e. The summed E-state index contributed by atoms with van der Waals surface area (Å²) < 4.78 is 0.913. The second kappa shape index (κ2) is 11.7. The average Bonchev–Trinajstić information content (AvgIpc) is 3.45. The molecule has 0 spiro atoms. The Balaban J connectivity index is 2.34. The van der Waals surface area contributed by atoms with E-state index < -0.39 is 0 Å². The first-order valence-corrected chi connectivity index (χ1v) is 13.8. The van der Waals surface area contributed by atoms with Crippen molar-refractivity contribution in [3.05, 3.63) is 30.7 Å². The lowest BCUT2D eigenvalue weighted by molar-refractivity contribution is 0.0957. The fraction of sp³-hybridized carbons (Fsp3) is 0.333. The molecule has 0 atom stereocenters. The Hall–Kier alpha value is -2.60. The summed E-state index contributed by atoms with van der Waals surface area (Å²) in [7, 11) is 0. The summed E-state index contributed by atoms with van der Waals surface area (Å²) in [4.78, 5) is 29.1. The van der Waals surface area contributed by atoms with Gasteiger partial charge in [0.2, 0.25) is 0 Å². The van der Waals surface area contributed by atoms with Crippen LogP contribution in [0.2, 0.25) is 0 Å². The Labute approximate surface area is 215 Å². The molecule has 3 rings (SSSR count). The molecule has 0 N–H and O–H groups in total. The van der Waals surface area contributed by atoms with Crippen molar-refractivity contribution in [3.8, 4) is 24.3 Å². The maximum Gasteiger partial charge on any atom is 0.165 e. The highest BCUT2D eigenvalue weighted by atomic mass is 32.2. The first-order chi connectivity index (χ1) is 16.4. The molecule has 170 valence electrons. The molecule has 0 bridgehead atoms. The minimum atomic E-state index is -0.0865. The highest BCUT2D eigenvalue weighted by Crippen LogP contribution is 2.63. The van der Waals surface area contributed by atoms with Gasteiger partial charge in [-0.15, -0.1) is 0 Å². The van der Waals surface area contributed by atoms with Gasteiger partial charge >= 0.3 is 0 Å². The zero-order valence-corrected chi connectivity index (χ0v) is 21.7. The van der Waals surface area contributed by atoms with Gasteiger partial charge in [-0.25, -0.2) is 0 Å². The van der Waals surface area contributed by atoms with E-state index in [1.165, 1.54) is 47.0 Å². The number of thioether (sulfide) groups is 4. The van der Waals surface area contributed by atoms with Crippen molar-refractivity contribution in [2.45, 2.75) is 72.0 Å². The molecule has 0 radical (unpaired) electrons. The van der Waals surface area contributed by atoms with E-state index >= 15 is 0 Å². The molecule has 10 heteroatoms. The monoisotopic (exact) mass is 522 g/mol. The molecule has 0 amide bonds. The summed E-state index contributed by atoms with van der Waals surface area (Å²) in [6.45, 7) is 3.99. The van der Waals surface area contributed by atoms with Crippen molar-refractivity contribution < 1.29 is 9.59 Å². The molecule has 1 aromatic carbocycles. The Bertz CT molecular complexity index is 1140. The molecule has 6 nitrogen and oxygen atoms in total. The summed E-state index contributed by atoms with van der Waals surface area (Å²) in [5.41, 5.74) is 0.803. The molecule has 0 aliphatic carbocycles. The highest BCUT2D eigenvalue weighted by Gasteiger charge is 2.39. The van der Waals surface area contributed by atoms with Gasteiger partial charge in [0.25, 0.3) is 0 Å². The number of rotatable bonds is 8. The molecule has 0 fully saturated rings. The number of benzene rings is 1. The Morgan fingerprint density at radius 1 is 0.618 bits per heavy atom. The number of allylic oxidation sites excluding steroid dienone is 2. The summed E-state index contributed by atoms with van der Waals surface area (Å²) in [6.07, 6.45) is 3.71. The number of hydrogen-bond acceptors (Lipinski definition) is 10. The van der Waals surface area contributed by atoms with Gasteiger partial charge in [-0.1, -0.05) is 73.7 Å². The van der Waals surface area contributed by atoms with Gasteiger partial charge in [0, 0.05) is 43.6 Å². The Morgan fingerprint density at radius 2 is 0.912 bits per heavy atom. The number of carbonyl (C=O) groups excluding carboxylic acids is 2. The average molecular weight is 523 g/mol. The van der Waals surface area contributed by atoms with E-state index in [1.54, 1.807) is 0 Å². The lowest BCUT2D eigenvalue weighted by Gasteiger charge is -2.16. The summed E-state index contributed by atoms with van der Waals surface area (Å²) in [5, 5.41) is 37.6. The number of ketones is 2. The summed E-state index contributed by atoms with van der Waals surface area (Å²) in [5.74, 6) is -0.173. The van der Waals surface area contributed by atoms with Gasteiger partial charge in [0.1, 0.15) is 35.4 Å². The van der Waals surface area contributed by atoms with Crippen LogP contribution < -0.4 is 0 Å². The van der Waals surface area contributed by atoms with Crippen LogP contribution in [0.4, 0.5) is 0 Å². The molecule has 0 saturated carbocycles. The number of unbranched alkanes of at least 4 members (excludes halogenated alkanes) is 2. The topological polar surface area (TPSA) is 129 Å². The molecular formula is C24H18N4O2S4. The maximum absolute atomic E-state index is 13.4. The Morgan fingerprint density at radius 3 is 1.15 bits per heavy atom. The fourth-order valence-corrected chi connectivity index (χ4v) is 8.86. The van der Waals surface area contributed by atoms with Gasteiger partial charge in [0.05, 0.1) is 8.47 Å². The number of nitrogens with zero attached hydrogens (tertiary/aromatic N) is 4. The number of Topliss-reactive ketones (excluding diaryl/α,β-unsaturated/α-hetero) is 2. The van der Waals surface area contributed by atoms with E-state index in [1.807, 2.05) is 38.1 Å². The highest BCUT2D eigenvalue weighted by molar-refractivity contribution is 8.25. The van der Waals surface area contributed by atoms with Crippen LogP contribution in [0.5, 0.6) is 0 Å². The van der Waals surface area contributed by atoms with Gasteiger partial charge in [-0.2, -0.15) is 21.0 Å². The van der Waals surface area contributed by atoms with Crippen LogP contribution in [0.1, 0.15) is 73.1 Å². The van der Waals surface area contributed by atoms with Gasteiger partial charge in [0.15, 0.2) is 11.6 Å². The van der Waals surface area contributed by atoms with Crippen molar-refractivity contribution >= 4 is 58.6 Å². The standard InChI is InChI=1S/C24H18N4O2S4/c1-3-5-7-15(29)17-19-21(33-23(31-19)13(9-25)10-26)18(16(30)8-6-4-2)22-20(17)32-24(34-22)14(11-27)12-28/h3-8H2,1-2H3. The zero-order chi connectivity index (χ0) is 24.8. The smallest absolute Gasteiger partial charge is 0.165 e. The normalized spacial score (nSPS) is 13.2. The predicted molar refractivity (Wildman–Crippen MR) is 134 cm³/mol. The van der Waals surface area contributed by atoms with Crippen molar-refractivity contribution in [2.75, 3.05) is 0 Å². The van der Waals surface area contributed by atoms with Crippen LogP contribution in [-0.4, -0.2) is 11.6 Å². The first kappa shape index (κ1) is 26.0. The third-order valence-corrected chi connectivity index (χ3v) is 10.3. The van der Waals surface area contributed by atoms with E-state index in [0.29, 0.717) is 64.9 Å². The van der Waals surface area contributed by atoms with Crippen molar-refractivity contribution in [1.82, 2.24) is 0 Å². The van der Waals surface area contributed by atoms with Crippen LogP contribution >= 0.6 is 47.0 Å². The van der Waals surface area contributed by atoms with E-state index in [4.69, 9.17) is 0 Å². The third-order valence-electron chi connectivity index (χ3n) is 5.03. The summed E-state index contributed by atoms with van der Waals surface area (Å²) in [6, 6.07) is 7.62. The van der Waals surface area contributed by atoms with Crippen molar-refractivity contribution in [2.24, 2.45) is 0 Å². The number of hydrogen-bond donors (Lipinski definition) is 0. The zero-order valence-electron chi connectivity index (χ0n) is 18.5. The molecule has 0 unspecified atom stereocenters.